The van der Waals surface area contributed by atoms with Crippen LogP contribution < -0.4 is 5.32 Å². The van der Waals surface area contributed by atoms with Crippen molar-refractivity contribution in [2.75, 3.05) is 18.4 Å². The van der Waals surface area contributed by atoms with E-state index in [1.807, 2.05) is 13.8 Å². The highest BCUT2D eigenvalue weighted by atomic mass is 19.4. The monoisotopic (exact) mass is 425 g/mol. The van der Waals surface area contributed by atoms with Gasteiger partial charge < -0.3 is 14.7 Å². The highest BCUT2D eigenvalue weighted by molar-refractivity contribution is 5.91. The standard InChI is InChI=1S/C20H26F3N5O2/c1-11(2)14-8-17(20(21,22)23)28-18(24-14)9-15(25-28)13-5-4-6-27(10-13)19(29)16-7-12(3)26-30-16/h7,9,11,13-14,17,24H,4-6,8,10H2,1-3H3. The number of fused-ring (bicyclic) bond motifs is 1. The Kier molecular flexibility index (Phi) is 5.27. The van der Waals surface area contributed by atoms with E-state index < -0.39 is 12.2 Å². The molecule has 0 saturated carbocycles. The molecule has 0 aliphatic carbocycles. The van der Waals surface area contributed by atoms with Gasteiger partial charge >= 0.3 is 6.18 Å². The number of nitrogens with one attached hydrogen (secondary N) is 1. The first kappa shape index (κ1) is 20.7. The number of anilines is 1. The molecule has 2 aliphatic rings. The van der Waals surface area contributed by atoms with E-state index in [-0.39, 0.29) is 36.0 Å². The summed E-state index contributed by atoms with van der Waals surface area (Å²) >= 11 is 0. The Morgan fingerprint density at radius 2 is 2.10 bits per heavy atom. The van der Waals surface area contributed by atoms with Gasteiger partial charge in [-0.1, -0.05) is 19.0 Å². The number of alkyl halides is 3. The van der Waals surface area contributed by atoms with Crippen molar-refractivity contribution >= 4 is 11.7 Å². The maximum atomic E-state index is 13.7. The normalized spacial score (nSPS) is 24.6. The molecule has 4 rings (SSSR count). The number of likely N-dealkylation sites (tertiary alicyclic amines) is 1. The minimum atomic E-state index is -4.37. The van der Waals surface area contributed by atoms with Crippen LogP contribution in [0.1, 0.15) is 67.0 Å². The van der Waals surface area contributed by atoms with Crippen molar-refractivity contribution in [1.29, 1.82) is 0 Å². The van der Waals surface area contributed by atoms with Crippen LogP contribution in [0, 0.1) is 12.8 Å². The highest BCUT2D eigenvalue weighted by Crippen LogP contribution is 2.42. The molecule has 30 heavy (non-hydrogen) atoms. The highest BCUT2D eigenvalue weighted by Gasteiger charge is 2.47. The fourth-order valence-electron chi connectivity index (χ4n) is 4.28. The molecule has 0 bridgehead atoms. The van der Waals surface area contributed by atoms with Crippen molar-refractivity contribution in [2.45, 2.75) is 64.2 Å². The predicted octanol–water partition coefficient (Wildman–Crippen LogP) is 4.14. The smallest absolute Gasteiger partial charge is 0.367 e. The van der Waals surface area contributed by atoms with Gasteiger partial charge in [-0.3, -0.25) is 4.79 Å². The van der Waals surface area contributed by atoms with Gasteiger partial charge in [0.05, 0.1) is 11.4 Å². The van der Waals surface area contributed by atoms with Crippen LogP contribution in [0.2, 0.25) is 0 Å². The van der Waals surface area contributed by atoms with E-state index in [9.17, 15) is 18.0 Å². The summed E-state index contributed by atoms with van der Waals surface area (Å²) in [7, 11) is 0. The van der Waals surface area contributed by atoms with Gasteiger partial charge in [0.25, 0.3) is 5.91 Å². The van der Waals surface area contributed by atoms with Crippen LogP contribution in [0.5, 0.6) is 0 Å². The van der Waals surface area contributed by atoms with E-state index in [0.717, 1.165) is 17.5 Å². The summed E-state index contributed by atoms with van der Waals surface area (Å²) in [5, 5.41) is 11.3. The van der Waals surface area contributed by atoms with E-state index in [1.165, 1.54) is 0 Å². The number of hydrogen-bond acceptors (Lipinski definition) is 5. The zero-order valence-corrected chi connectivity index (χ0v) is 17.2. The second-order valence-electron chi connectivity index (χ2n) is 8.61. The lowest BCUT2D eigenvalue weighted by atomic mass is 9.93. The molecule has 164 valence electrons. The Morgan fingerprint density at radius 3 is 2.73 bits per heavy atom. The molecule has 4 heterocycles. The Hall–Kier alpha value is -2.52. The first-order chi connectivity index (χ1) is 14.1. The SMILES string of the molecule is Cc1cc(C(=O)N2CCCC(c3cc4n(n3)C(C(F)(F)F)CC(C(C)C)N4)C2)on1. The van der Waals surface area contributed by atoms with E-state index in [1.54, 1.807) is 24.0 Å². The summed E-state index contributed by atoms with van der Waals surface area (Å²) in [4.78, 5) is 14.4. The molecular formula is C20H26F3N5O2. The second-order valence-corrected chi connectivity index (χ2v) is 8.61. The molecule has 10 heteroatoms. The fraction of sp³-hybridized carbons (Fsp3) is 0.650. The van der Waals surface area contributed by atoms with E-state index in [4.69, 9.17) is 4.52 Å². The van der Waals surface area contributed by atoms with E-state index in [2.05, 4.69) is 15.6 Å². The lowest BCUT2D eigenvalue weighted by Gasteiger charge is -2.35. The molecule has 2 aromatic heterocycles. The predicted molar refractivity (Wildman–Crippen MR) is 103 cm³/mol. The average molecular weight is 425 g/mol. The number of halogens is 3. The zero-order valence-electron chi connectivity index (χ0n) is 17.2. The zero-order chi connectivity index (χ0) is 21.6. The Morgan fingerprint density at radius 1 is 1.33 bits per heavy atom. The summed E-state index contributed by atoms with van der Waals surface area (Å²) in [6.07, 6.45) is -2.90. The molecule has 2 aromatic rings. The molecule has 1 N–H and O–H groups in total. The number of rotatable bonds is 3. The summed E-state index contributed by atoms with van der Waals surface area (Å²) in [6, 6.07) is 1.39. The number of carbonyl (C=O) groups excluding carboxylic acids is 1. The maximum absolute atomic E-state index is 13.7. The number of nitrogens with zero attached hydrogens (tertiary/aromatic N) is 4. The molecule has 1 fully saturated rings. The lowest BCUT2D eigenvalue weighted by Crippen LogP contribution is -2.41. The molecule has 7 nitrogen and oxygen atoms in total. The van der Waals surface area contributed by atoms with Gasteiger partial charge in [-0.15, -0.1) is 0 Å². The maximum Gasteiger partial charge on any atom is 0.410 e. The third-order valence-corrected chi connectivity index (χ3v) is 6.01. The topological polar surface area (TPSA) is 76.2 Å². The van der Waals surface area contributed by atoms with Crippen LogP contribution in [0.3, 0.4) is 0 Å². The molecular weight excluding hydrogens is 399 g/mol. The lowest BCUT2D eigenvalue weighted by molar-refractivity contribution is -0.174. The van der Waals surface area contributed by atoms with Crippen LogP contribution in [-0.4, -0.2) is 51.1 Å². The molecule has 3 unspecified atom stereocenters. The van der Waals surface area contributed by atoms with Crippen molar-refractivity contribution < 1.29 is 22.5 Å². The quantitative estimate of drug-likeness (QED) is 0.800. The van der Waals surface area contributed by atoms with Crippen LogP contribution in [0.25, 0.3) is 0 Å². The summed E-state index contributed by atoms with van der Waals surface area (Å²) in [5.74, 6) is 0.256. The van der Waals surface area contributed by atoms with Crippen molar-refractivity contribution in [1.82, 2.24) is 19.8 Å². The van der Waals surface area contributed by atoms with E-state index >= 15 is 0 Å². The van der Waals surface area contributed by atoms with Crippen molar-refractivity contribution in [2.24, 2.45) is 5.92 Å². The molecule has 0 spiro atoms. The van der Waals surface area contributed by atoms with Gasteiger partial charge in [-0.05, 0) is 32.1 Å². The van der Waals surface area contributed by atoms with Gasteiger partial charge in [0.15, 0.2) is 6.04 Å². The third kappa shape index (κ3) is 3.91. The minimum Gasteiger partial charge on any atom is -0.367 e. The van der Waals surface area contributed by atoms with Gasteiger partial charge in [0.2, 0.25) is 5.76 Å². The molecule has 2 aliphatic heterocycles. The third-order valence-electron chi connectivity index (χ3n) is 6.01. The largest absolute Gasteiger partial charge is 0.410 e. The number of amides is 1. The van der Waals surface area contributed by atoms with Crippen LogP contribution >= 0.6 is 0 Å². The van der Waals surface area contributed by atoms with Gasteiger partial charge in [0, 0.05) is 37.2 Å². The van der Waals surface area contributed by atoms with Crippen molar-refractivity contribution in [3.05, 3.63) is 29.3 Å². The Bertz CT molecular complexity index is 920. The molecule has 0 aromatic carbocycles. The summed E-state index contributed by atoms with van der Waals surface area (Å²) < 4.78 is 47.3. The number of piperidine rings is 1. The summed E-state index contributed by atoms with van der Waals surface area (Å²) in [6.45, 7) is 6.52. The minimum absolute atomic E-state index is 0.0462. The van der Waals surface area contributed by atoms with Crippen LogP contribution in [0.15, 0.2) is 16.7 Å². The first-order valence-electron chi connectivity index (χ1n) is 10.3. The van der Waals surface area contributed by atoms with Gasteiger partial charge in [-0.25, -0.2) is 4.68 Å². The number of carbonyl (C=O) groups is 1. The second kappa shape index (κ2) is 7.63. The van der Waals surface area contributed by atoms with Crippen LogP contribution in [0.4, 0.5) is 19.0 Å². The fourth-order valence-corrected chi connectivity index (χ4v) is 4.28. The Labute approximate surface area is 172 Å². The Balaban J connectivity index is 1.57. The molecule has 3 atom stereocenters. The first-order valence-corrected chi connectivity index (χ1v) is 10.3. The molecule has 1 saturated heterocycles. The van der Waals surface area contributed by atoms with Crippen molar-refractivity contribution in [3.63, 3.8) is 0 Å². The average Bonchev–Trinajstić information content (AvgIpc) is 3.32. The number of hydrogen-bond donors (Lipinski definition) is 1. The number of aryl methyl sites for hydroxylation is 1. The number of aromatic nitrogens is 3. The van der Waals surface area contributed by atoms with E-state index in [0.29, 0.717) is 30.3 Å². The van der Waals surface area contributed by atoms with Gasteiger partial charge in [-0.2, -0.15) is 18.3 Å². The summed E-state index contributed by atoms with van der Waals surface area (Å²) in [5.41, 5.74) is 1.21. The molecule has 1 amide bonds. The van der Waals surface area contributed by atoms with Crippen LogP contribution in [-0.2, 0) is 0 Å². The van der Waals surface area contributed by atoms with Crippen molar-refractivity contribution in [3.8, 4) is 0 Å². The molecule has 0 radical (unpaired) electrons. The van der Waals surface area contributed by atoms with Gasteiger partial charge in [0.1, 0.15) is 5.82 Å².